The molecule has 0 unspecified atom stereocenters. The molecule has 0 aliphatic rings. The summed E-state index contributed by atoms with van der Waals surface area (Å²) in [5.41, 5.74) is 8.11. The maximum Gasteiger partial charge on any atom is 0.257 e. The topological polar surface area (TPSA) is 75.4 Å². The zero-order chi connectivity index (χ0) is 13.1. The summed E-state index contributed by atoms with van der Waals surface area (Å²) in [5.74, 6) is -0.188. The second-order valence-corrected chi connectivity index (χ2v) is 4.10. The molecular formula is C14H14N2O2. The Morgan fingerprint density at radius 2 is 2.00 bits per heavy atom. The van der Waals surface area contributed by atoms with Crippen LogP contribution in [0, 0.1) is 6.92 Å². The first-order chi connectivity index (χ1) is 8.56. The first kappa shape index (κ1) is 12.0. The Bertz CT molecular complexity index is 594. The van der Waals surface area contributed by atoms with Crippen LogP contribution < -0.4 is 11.1 Å². The maximum atomic E-state index is 12.0. The van der Waals surface area contributed by atoms with Crippen LogP contribution in [-0.2, 0) is 0 Å². The number of hydrogen-bond acceptors (Lipinski definition) is 3. The summed E-state index contributed by atoms with van der Waals surface area (Å²) in [4.78, 5) is 12.0. The molecule has 0 aliphatic heterocycles. The first-order valence-corrected chi connectivity index (χ1v) is 5.53. The summed E-state index contributed by atoms with van der Waals surface area (Å²) in [5, 5.41) is 12.0. The van der Waals surface area contributed by atoms with E-state index in [2.05, 4.69) is 5.32 Å². The molecular weight excluding hydrogens is 228 g/mol. The minimum absolute atomic E-state index is 0.102. The van der Waals surface area contributed by atoms with Crippen LogP contribution >= 0.6 is 0 Å². The number of amides is 1. The third-order valence-corrected chi connectivity index (χ3v) is 2.56. The predicted octanol–water partition coefficient (Wildman–Crippen LogP) is 2.54. The van der Waals surface area contributed by atoms with Gasteiger partial charge < -0.3 is 16.2 Å². The van der Waals surface area contributed by atoms with Gasteiger partial charge in [0.05, 0.1) is 5.56 Å². The molecule has 2 aromatic rings. The zero-order valence-electron chi connectivity index (χ0n) is 9.97. The number of rotatable bonds is 2. The van der Waals surface area contributed by atoms with Gasteiger partial charge in [-0.05, 0) is 31.2 Å². The first-order valence-electron chi connectivity index (χ1n) is 5.53. The van der Waals surface area contributed by atoms with Crippen molar-refractivity contribution < 1.29 is 9.90 Å². The van der Waals surface area contributed by atoms with Crippen molar-refractivity contribution >= 4 is 17.3 Å². The largest absolute Gasteiger partial charge is 0.508 e. The highest BCUT2D eigenvalue weighted by atomic mass is 16.3. The Labute approximate surface area is 105 Å². The Morgan fingerprint density at radius 3 is 2.72 bits per heavy atom. The van der Waals surface area contributed by atoms with Crippen LogP contribution in [0.1, 0.15) is 15.9 Å². The molecule has 0 saturated carbocycles. The molecule has 0 bridgehead atoms. The van der Waals surface area contributed by atoms with Crippen LogP contribution in [0.25, 0.3) is 0 Å². The van der Waals surface area contributed by atoms with E-state index in [1.54, 1.807) is 24.3 Å². The Hall–Kier alpha value is -2.49. The van der Waals surface area contributed by atoms with Crippen LogP contribution in [0.3, 0.4) is 0 Å². The molecule has 2 rings (SSSR count). The molecule has 0 spiro atoms. The molecule has 0 aromatic heterocycles. The molecule has 2 aromatic carbocycles. The van der Waals surface area contributed by atoms with E-state index in [-0.39, 0.29) is 11.7 Å². The Kier molecular flexibility index (Phi) is 3.19. The summed E-state index contributed by atoms with van der Waals surface area (Å²) in [7, 11) is 0. The van der Waals surface area contributed by atoms with Gasteiger partial charge in [-0.25, -0.2) is 0 Å². The second-order valence-electron chi connectivity index (χ2n) is 4.10. The van der Waals surface area contributed by atoms with Crippen LogP contribution in [0.5, 0.6) is 5.75 Å². The van der Waals surface area contributed by atoms with Crippen molar-refractivity contribution in [2.24, 2.45) is 0 Å². The number of carbonyl (C=O) groups excluding carboxylic acids is 1. The lowest BCUT2D eigenvalue weighted by Gasteiger charge is -2.08. The number of benzene rings is 2. The monoisotopic (exact) mass is 242 g/mol. The highest BCUT2D eigenvalue weighted by Gasteiger charge is 2.10. The zero-order valence-corrected chi connectivity index (χ0v) is 9.97. The standard InChI is InChI=1S/C14H14N2O2/c1-9-5-6-13(15)12(7-9)14(18)16-10-3-2-4-11(17)8-10/h2-8,17H,15H2,1H3,(H,16,18). The van der Waals surface area contributed by atoms with Gasteiger partial charge in [0, 0.05) is 17.4 Å². The van der Waals surface area contributed by atoms with Crippen molar-refractivity contribution in [1.29, 1.82) is 0 Å². The van der Waals surface area contributed by atoms with Crippen molar-refractivity contribution in [2.75, 3.05) is 11.1 Å². The van der Waals surface area contributed by atoms with E-state index in [4.69, 9.17) is 5.73 Å². The number of aromatic hydroxyl groups is 1. The van der Waals surface area contributed by atoms with Crippen LogP contribution in [0.4, 0.5) is 11.4 Å². The summed E-state index contributed by atoms with van der Waals surface area (Å²) < 4.78 is 0. The molecule has 0 aliphatic carbocycles. The number of nitrogens with one attached hydrogen (secondary N) is 1. The minimum Gasteiger partial charge on any atom is -0.508 e. The molecule has 0 saturated heterocycles. The van der Waals surface area contributed by atoms with Gasteiger partial charge in [-0.3, -0.25) is 4.79 Å². The lowest BCUT2D eigenvalue weighted by atomic mass is 10.1. The molecule has 0 radical (unpaired) electrons. The average Bonchev–Trinajstić information content (AvgIpc) is 2.32. The number of nitrogen functional groups attached to an aromatic ring is 1. The smallest absolute Gasteiger partial charge is 0.257 e. The van der Waals surface area contributed by atoms with Crippen molar-refractivity contribution in [3.8, 4) is 5.75 Å². The van der Waals surface area contributed by atoms with Crippen LogP contribution in [0.15, 0.2) is 42.5 Å². The molecule has 1 amide bonds. The maximum absolute atomic E-state index is 12.0. The number of carbonyl (C=O) groups is 1. The van der Waals surface area contributed by atoms with E-state index in [1.807, 2.05) is 13.0 Å². The normalized spacial score (nSPS) is 10.1. The molecule has 4 heteroatoms. The third kappa shape index (κ3) is 2.60. The Balaban J connectivity index is 2.24. The van der Waals surface area contributed by atoms with Gasteiger partial charge in [0.2, 0.25) is 0 Å². The fourth-order valence-electron chi connectivity index (χ4n) is 1.65. The van der Waals surface area contributed by atoms with Crippen molar-refractivity contribution in [2.45, 2.75) is 6.92 Å². The third-order valence-electron chi connectivity index (χ3n) is 2.56. The number of phenols is 1. The molecule has 92 valence electrons. The molecule has 0 fully saturated rings. The number of aryl methyl sites for hydroxylation is 1. The van der Waals surface area contributed by atoms with E-state index in [0.717, 1.165) is 5.56 Å². The van der Waals surface area contributed by atoms with Gasteiger partial charge in [-0.15, -0.1) is 0 Å². The van der Waals surface area contributed by atoms with Gasteiger partial charge in [-0.2, -0.15) is 0 Å². The number of nitrogens with two attached hydrogens (primary N) is 1. The van der Waals surface area contributed by atoms with Crippen molar-refractivity contribution in [1.82, 2.24) is 0 Å². The number of hydrogen-bond donors (Lipinski definition) is 3. The van der Waals surface area contributed by atoms with Crippen LogP contribution in [-0.4, -0.2) is 11.0 Å². The average molecular weight is 242 g/mol. The number of phenolic OH excluding ortho intramolecular Hbond substituents is 1. The van der Waals surface area contributed by atoms with Gasteiger partial charge in [-0.1, -0.05) is 17.7 Å². The van der Waals surface area contributed by atoms with E-state index >= 15 is 0 Å². The van der Waals surface area contributed by atoms with E-state index in [9.17, 15) is 9.90 Å². The minimum atomic E-state index is -0.290. The van der Waals surface area contributed by atoms with Crippen molar-refractivity contribution in [3.05, 3.63) is 53.6 Å². The summed E-state index contributed by atoms with van der Waals surface area (Å²) >= 11 is 0. The fraction of sp³-hybridized carbons (Fsp3) is 0.0714. The van der Waals surface area contributed by atoms with Gasteiger partial charge >= 0.3 is 0 Å². The molecule has 0 atom stereocenters. The quantitative estimate of drug-likeness (QED) is 0.708. The second kappa shape index (κ2) is 4.79. The van der Waals surface area contributed by atoms with Gasteiger partial charge in [0.1, 0.15) is 5.75 Å². The summed E-state index contributed by atoms with van der Waals surface area (Å²) in [6.45, 7) is 1.89. The predicted molar refractivity (Wildman–Crippen MR) is 71.7 cm³/mol. The highest BCUT2D eigenvalue weighted by molar-refractivity contribution is 6.07. The van der Waals surface area contributed by atoms with Crippen molar-refractivity contribution in [3.63, 3.8) is 0 Å². The van der Waals surface area contributed by atoms with Crippen LogP contribution in [0.2, 0.25) is 0 Å². The van der Waals surface area contributed by atoms with Gasteiger partial charge in [0.15, 0.2) is 0 Å². The summed E-state index contributed by atoms with van der Waals surface area (Å²) in [6, 6.07) is 11.6. The highest BCUT2D eigenvalue weighted by Crippen LogP contribution is 2.19. The molecule has 4 nitrogen and oxygen atoms in total. The molecule has 18 heavy (non-hydrogen) atoms. The van der Waals surface area contributed by atoms with E-state index in [1.165, 1.54) is 12.1 Å². The number of anilines is 2. The Morgan fingerprint density at radius 1 is 1.22 bits per heavy atom. The van der Waals surface area contributed by atoms with E-state index < -0.39 is 0 Å². The van der Waals surface area contributed by atoms with E-state index in [0.29, 0.717) is 16.9 Å². The fourth-order valence-corrected chi connectivity index (χ4v) is 1.65. The van der Waals surface area contributed by atoms with Gasteiger partial charge in [0.25, 0.3) is 5.91 Å². The lowest BCUT2D eigenvalue weighted by Crippen LogP contribution is -2.14. The summed E-state index contributed by atoms with van der Waals surface area (Å²) in [6.07, 6.45) is 0. The SMILES string of the molecule is Cc1ccc(N)c(C(=O)Nc2cccc(O)c2)c1. The molecule has 0 heterocycles. The lowest BCUT2D eigenvalue weighted by molar-refractivity contribution is 0.102. The molecule has 4 N–H and O–H groups in total.